The topological polar surface area (TPSA) is 92.8 Å². The Balaban J connectivity index is 1.70. The maximum Gasteiger partial charge on any atom is 0.338 e. The van der Waals surface area contributed by atoms with Gasteiger partial charge in [-0.25, -0.2) is 13.2 Å². The van der Waals surface area contributed by atoms with Crippen molar-refractivity contribution in [2.75, 3.05) is 16.7 Å². The number of esters is 1. The first-order valence-corrected chi connectivity index (χ1v) is 12.3. The number of carbonyl (C=O) groups excluding carboxylic acids is 2. The number of ether oxygens (including phenoxy) is 1. The fourth-order valence-electron chi connectivity index (χ4n) is 3.18. The lowest BCUT2D eigenvalue weighted by Crippen LogP contribution is -2.30. The highest BCUT2D eigenvalue weighted by atomic mass is 32.2. The highest BCUT2D eigenvalue weighted by Gasteiger charge is 2.24. The van der Waals surface area contributed by atoms with Crippen molar-refractivity contribution < 1.29 is 22.7 Å². The summed E-state index contributed by atoms with van der Waals surface area (Å²) in [5.41, 5.74) is 3.27. The number of aryl methyl sites for hydroxylation is 2. The predicted molar refractivity (Wildman–Crippen MR) is 133 cm³/mol. The Bertz CT molecular complexity index is 1270. The largest absolute Gasteiger partial charge is 0.449 e. The van der Waals surface area contributed by atoms with Crippen LogP contribution in [0, 0.1) is 6.92 Å². The van der Waals surface area contributed by atoms with Crippen molar-refractivity contribution >= 4 is 33.3 Å². The van der Waals surface area contributed by atoms with Crippen molar-refractivity contribution in [3.8, 4) is 0 Å². The van der Waals surface area contributed by atoms with Crippen LogP contribution in [0.15, 0.2) is 77.7 Å². The molecule has 0 spiro atoms. The molecular weight excluding hydrogens is 452 g/mol. The van der Waals surface area contributed by atoms with E-state index in [2.05, 4.69) is 5.32 Å². The van der Waals surface area contributed by atoms with Crippen LogP contribution < -0.4 is 9.62 Å². The number of benzene rings is 3. The molecule has 0 bridgehead atoms. The minimum absolute atomic E-state index is 0.0327. The second-order valence-corrected chi connectivity index (χ2v) is 9.89. The Hall–Kier alpha value is -3.65. The minimum Gasteiger partial charge on any atom is -0.449 e. The van der Waals surface area contributed by atoms with Crippen molar-refractivity contribution in [2.45, 2.75) is 38.2 Å². The van der Waals surface area contributed by atoms with E-state index in [1.165, 1.54) is 38.2 Å². The summed E-state index contributed by atoms with van der Waals surface area (Å²) in [4.78, 5) is 25.0. The van der Waals surface area contributed by atoms with Gasteiger partial charge in [-0.2, -0.15) is 0 Å². The van der Waals surface area contributed by atoms with Crippen LogP contribution in [0.25, 0.3) is 0 Å². The summed E-state index contributed by atoms with van der Waals surface area (Å²) < 4.78 is 32.6. The van der Waals surface area contributed by atoms with Crippen molar-refractivity contribution in [1.82, 2.24) is 0 Å². The fourth-order valence-corrected chi connectivity index (χ4v) is 4.43. The third-order valence-corrected chi connectivity index (χ3v) is 7.19. The number of nitrogens with one attached hydrogen (secondary N) is 1. The molecule has 3 aromatic carbocycles. The normalized spacial score (nSPS) is 12.0. The molecule has 34 heavy (non-hydrogen) atoms. The standard InChI is InChI=1S/C26H28N2O5S/c1-5-20-11-13-22(14-12-20)27-25(29)19(3)33-26(30)21-7-6-8-24(17-21)34(31,32)28(4)23-15-9-18(2)10-16-23/h6-17,19H,5H2,1-4H3,(H,27,29)/t19-/m1/s1. The first-order valence-electron chi connectivity index (χ1n) is 10.9. The van der Waals surface area contributed by atoms with Gasteiger partial charge in [0.15, 0.2) is 6.10 Å². The van der Waals surface area contributed by atoms with Crippen LogP contribution in [0.5, 0.6) is 0 Å². The van der Waals surface area contributed by atoms with Gasteiger partial charge < -0.3 is 10.1 Å². The molecule has 0 aliphatic rings. The molecule has 7 nitrogen and oxygen atoms in total. The Labute approximate surface area is 200 Å². The molecule has 3 rings (SSSR count). The van der Waals surface area contributed by atoms with Gasteiger partial charge in [0.05, 0.1) is 16.1 Å². The van der Waals surface area contributed by atoms with E-state index >= 15 is 0 Å². The number of amides is 1. The molecule has 0 saturated heterocycles. The first kappa shape index (κ1) is 25.0. The Kier molecular flexibility index (Phi) is 7.73. The van der Waals surface area contributed by atoms with E-state index in [0.29, 0.717) is 11.4 Å². The Morgan fingerprint density at radius 3 is 2.26 bits per heavy atom. The Morgan fingerprint density at radius 1 is 1.00 bits per heavy atom. The Morgan fingerprint density at radius 2 is 1.65 bits per heavy atom. The summed E-state index contributed by atoms with van der Waals surface area (Å²) >= 11 is 0. The third kappa shape index (κ3) is 5.82. The molecule has 0 aliphatic heterocycles. The SMILES string of the molecule is CCc1ccc(NC(=O)[C@@H](C)OC(=O)c2cccc(S(=O)(=O)N(C)c3ccc(C)cc3)c2)cc1. The van der Waals surface area contributed by atoms with Crippen LogP contribution in [-0.2, 0) is 26.0 Å². The molecule has 0 aliphatic carbocycles. The van der Waals surface area contributed by atoms with Gasteiger partial charge in [0.2, 0.25) is 0 Å². The molecule has 0 saturated carbocycles. The van der Waals surface area contributed by atoms with E-state index in [4.69, 9.17) is 4.74 Å². The molecule has 1 amide bonds. The van der Waals surface area contributed by atoms with Crippen molar-refractivity contribution in [1.29, 1.82) is 0 Å². The van der Waals surface area contributed by atoms with Crippen molar-refractivity contribution in [2.24, 2.45) is 0 Å². The number of hydrogen-bond donors (Lipinski definition) is 1. The van der Waals surface area contributed by atoms with Gasteiger partial charge in [0, 0.05) is 12.7 Å². The second-order valence-electron chi connectivity index (χ2n) is 7.92. The van der Waals surface area contributed by atoms with Gasteiger partial charge in [-0.05, 0) is 68.3 Å². The lowest BCUT2D eigenvalue weighted by atomic mass is 10.1. The molecule has 1 atom stereocenters. The molecule has 0 fully saturated rings. The number of nitrogens with zero attached hydrogens (tertiary/aromatic N) is 1. The fraction of sp³-hybridized carbons (Fsp3) is 0.231. The van der Waals surface area contributed by atoms with E-state index in [1.807, 2.05) is 38.1 Å². The highest BCUT2D eigenvalue weighted by Crippen LogP contribution is 2.23. The molecule has 0 radical (unpaired) electrons. The predicted octanol–water partition coefficient (Wildman–Crippen LogP) is 4.57. The monoisotopic (exact) mass is 480 g/mol. The maximum absolute atomic E-state index is 13.1. The van der Waals surface area contributed by atoms with Gasteiger partial charge in [-0.3, -0.25) is 9.10 Å². The first-order chi connectivity index (χ1) is 16.1. The summed E-state index contributed by atoms with van der Waals surface area (Å²) in [6.45, 7) is 5.41. The lowest BCUT2D eigenvalue weighted by Gasteiger charge is -2.20. The van der Waals surface area contributed by atoms with E-state index in [1.54, 1.807) is 24.3 Å². The highest BCUT2D eigenvalue weighted by molar-refractivity contribution is 7.92. The second kappa shape index (κ2) is 10.5. The van der Waals surface area contributed by atoms with Gasteiger partial charge in [-0.1, -0.05) is 42.8 Å². The van der Waals surface area contributed by atoms with Crippen molar-refractivity contribution in [3.05, 3.63) is 89.5 Å². The van der Waals surface area contributed by atoms with Crippen LogP contribution in [-0.4, -0.2) is 33.4 Å². The smallest absolute Gasteiger partial charge is 0.338 e. The van der Waals surface area contributed by atoms with Gasteiger partial charge in [0.1, 0.15) is 0 Å². The summed E-state index contributed by atoms with van der Waals surface area (Å²) in [6, 6.07) is 20.0. The van der Waals surface area contributed by atoms with E-state index in [0.717, 1.165) is 21.9 Å². The van der Waals surface area contributed by atoms with Crippen LogP contribution in [0.4, 0.5) is 11.4 Å². The minimum atomic E-state index is -3.91. The van der Waals surface area contributed by atoms with Gasteiger partial charge in [0.25, 0.3) is 15.9 Å². The summed E-state index contributed by atoms with van der Waals surface area (Å²) in [5.74, 6) is -1.28. The summed E-state index contributed by atoms with van der Waals surface area (Å²) in [6.07, 6.45) is -0.188. The molecule has 0 heterocycles. The number of carbonyl (C=O) groups is 2. The average Bonchev–Trinajstić information content (AvgIpc) is 2.84. The molecular formula is C26H28N2O5S. The molecule has 178 valence electrons. The summed E-state index contributed by atoms with van der Waals surface area (Å²) in [7, 11) is -2.46. The van der Waals surface area contributed by atoms with E-state index in [-0.39, 0.29) is 10.5 Å². The molecule has 3 aromatic rings. The number of hydrogen-bond acceptors (Lipinski definition) is 5. The average molecular weight is 481 g/mol. The van der Waals surface area contributed by atoms with Gasteiger partial charge >= 0.3 is 5.97 Å². The molecule has 0 aromatic heterocycles. The van der Waals surface area contributed by atoms with E-state index < -0.39 is 28.0 Å². The maximum atomic E-state index is 13.1. The van der Waals surface area contributed by atoms with Crippen molar-refractivity contribution in [3.63, 3.8) is 0 Å². The van der Waals surface area contributed by atoms with Crippen LogP contribution in [0.3, 0.4) is 0 Å². The molecule has 0 unspecified atom stereocenters. The molecule has 1 N–H and O–H groups in total. The zero-order valence-electron chi connectivity index (χ0n) is 19.6. The van der Waals surface area contributed by atoms with Crippen LogP contribution in [0.1, 0.15) is 35.3 Å². The van der Waals surface area contributed by atoms with Gasteiger partial charge in [-0.15, -0.1) is 0 Å². The third-order valence-electron chi connectivity index (χ3n) is 5.41. The zero-order chi connectivity index (χ0) is 24.9. The molecule has 8 heteroatoms. The zero-order valence-corrected chi connectivity index (χ0v) is 20.4. The van der Waals surface area contributed by atoms with Crippen LogP contribution in [0.2, 0.25) is 0 Å². The number of sulfonamides is 1. The van der Waals surface area contributed by atoms with Crippen LogP contribution >= 0.6 is 0 Å². The number of anilines is 2. The summed E-state index contributed by atoms with van der Waals surface area (Å²) in [5, 5.41) is 2.70. The quantitative estimate of drug-likeness (QED) is 0.477. The lowest BCUT2D eigenvalue weighted by molar-refractivity contribution is -0.123. The van der Waals surface area contributed by atoms with E-state index in [9.17, 15) is 18.0 Å². The number of rotatable bonds is 8.